The molecule has 1 fully saturated rings. The van der Waals surface area contributed by atoms with Crippen molar-refractivity contribution in [2.75, 3.05) is 7.11 Å². The topological polar surface area (TPSA) is 52.6 Å². The van der Waals surface area contributed by atoms with Crippen LogP contribution in [0, 0.1) is 0 Å². The molecule has 1 saturated heterocycles. The van der Waals surface area contributed by atoms with Gasteiger partial charge in [0, 0.05) is 5.92 Å². The van der Waals surface area contributed by atoms with E-state index in [9.17, 15) is 22.8 Å². The minimum absolute atomic E-state index is 0.149. The minimum Gasteiger partial charge on any atom is -0.496 e. The number of hydrogen-bond donors (Lipinski definition) is 0. The van der Waals surface area contributed by atoms with Crippen LogP contribution in [-0.2, 0) is 20.5 Å². The van der Waals surface area contributed by atoms with Crippen LogP contribution in [0.25, 0.3) is 0 Å². The number of ether oxygens (including phenoxy) is 2. The van der Waals surface area contributed by atoms with Crippen molar-refractivity contribution in [2.24, 2.45) is 0 Å². The Balaban J connectivity index is 2.46. The van der Waals surface area contributed by atoms with Crippen molar-refractivity contribution in [1.29, 1.82) is 0 Å². The lowest BCUT2D eigenvalue weighted by Crippen LogP contribution is -2.25. The first-order valence-electron chi connectivity index (χ1n) is 5.80. The summed E-state index contributed by atoms with van der Waals surface area (Å²) in [6.45, 7) is 0. The van der Waals surface area contributed by atoms with Gasteiger partial charge in [-0.05, 0) is 11.6 Å². The molecule has 0 aromatic heterocycles. The molecule has 0 aliphatic carbocycles. The number of halogens is 3. The maximum atomic E-state index is 12.9. The zero-order valence-corrected chi connectivity index (χ0v) is 10.5. The first-order valence-corrected chi connectivity index (χ1v) is 5.80. The minimum atomic E-state index is -4.57. The number of rotatable bonds is 2. The molecule has 1 aromatic rings. The van der Waals surface area contributed by atoms with Gasteiger partial charge in [-0.1, -0.05) is 12.1 Å². The Labute approximate surface area is 112 Å². The van der Waals surface area contributed by atoms with Crippen LogP contribution in [-0.4, -0.2) is 19.0 Å². The fourth-order valence-corrected chi connectivity index (χ4v) is 2.23. The molecule has 1 aliphatic heterocycles. The molecule has 2 rings (SSSR count). The Morgan fingerprint density at radius 2 is 1.80 bits per heavy atom. The molecule has 1 aromatic carbocycles. The smallest absolute Gasteiger partial charge is 0.419 e. The molecule has 0 spiro atoms. The van der Waals surface area contributed by atoms with Crippen molar-refractivity contribution in [3.05, 3.63) is 29.3 Å². The SMILES string of the molecule is COc1c(C2CC(=O)OC(=O)C2)cccc1C(F)(F)F. The predicted octanol–water partition coefficient (Wildman–Crippen LogP) is 2.66. The van der Waals surface area contributed by atoms with E-state index in [0.717, 1.165) is 13.2 Å². The first kappa shape index (κ1) is 14.4. The molecule has 4 nitrogen and oxygen atoms in total. The summed E-state index contributed by atoms with van der Waals surface area (Å²) in [5.74, 6) is -2.51. The van der Waals surface area contributed by atoms with Crippen molar-refractivity contribution in [2.45, 2.75) is 24.9 Å². The van der Waals surface area contributed by atoms with Crippen LogP contribution in [0.5, 0.6) is 5.75 Å². The van der Waals surface area contributed by atoms with E-state index in [0.29, 0.717) is 0 Å². The van der Waals surface area contributed by atoms with E-state index in [2.05, 4.69) is 4.74 Å². The molecular weight excluding hydrogens is 277 g/mol. The average molecular weight is 288 g/mol. The number of carbonyl (C=O) groups excluding carboxylic acids is 2. The monoisotopic (exact) mass is 288 g/mol. The molecule has 108 valence electrons. The van der Waals surface area contributed by atoms with Crippen molar-refractivity contribution < 1.29 is 32.2 Å². The van der Waals surface area contributed by atoms with E-state index in [-0.39, 0.29) is 24.2 Å². The second-order valence-corrected chi connectivity index (χ2v) is 4.38. The molecule has 0 N–H and O–H groups in total. The molecular formula is C13H11F3O4. The molecule has 1 heterocycles. The number of carbonyl (C=O) groups is 2. The van der Waals surface area contributed by atoms with Crippen molar-refractivity contribution in [3.63, 3.8) is 0 Å². The molecule has 0 atom stereocenters. The Kier molecular flexibility index (Phi) is 3.69. The van der Waals surface area contributed by atoms with Crippen LogP contribution >= 0.6 is 0 Å². The van der Waals surface area contributed by atoms with Crippen LogP contribution in [0.2, 0.25) is 0 Å². The lowest BCUT2D eigenvalue weighted by atomic mass is 9.89. The third-order valence-corrected chi connectivity index (χ3v) is 3.05. The fraction of sp³-hybridized carbons (Fsp3) is 0.385. The molecule has 0 bridgehead atoms. The second kappa shape index (κ2) is 5.15. The van der Waals surface area contributed by atoms with Gasteiger partial charge in [-0.2, -0.15) is 13.2 Å². The lowest BCUT2D eigenvalue weighted by molar-refractivity contribution is -0.163. The van der Waals surface area contributed by atoms with Gasteiger partial charge in [-0.15, -0.1) is 0 Å². The normalized spacial score (nSPS) is 17.0. The van der Waals surface area contributed by atoms with Gasteiger partial charge in [-0.3, -0.25) is 9.59 Å². The lowest BCUT2D eigenvalue weighted by Gasteiger charge is -2.23. The third kappa shape index (κ3) is 2.76. The van der Waals surface area contributed by atoms with E-state index < -0.39 is 29.6 Å². The van der Waals surface area contributed by atoms with E-state index in [4.69, 9.17) is 4.74 Å². The highest BCUT2D eigenvalue weighted by molar-refractivity contribution is 5.89. The van der Waals surface area contributed by atoms with Gasteiger partial charge in [0.1, 0.15) is 5.75 Å². The molecule has 7 heteroatoms. The van der Waals surface area contributed by atoms with Crippen LogP contribution < -0.4 is 4.74 Å². The van der Waals surface area contributed by atoms with Gasteiger partial charge in [0.05, 0.1) is 25.5 Å². The van der Waals surface area contributed by atoms with E-state index in [1.54, 1.807) is 0 Å². The zero-order valence-electron chi connectivity index (χ0n) is 10.5. The van der Waals surface area contributed by atoms with E-state index in [1.807, 2.05) is 0 Å². The zero-order chi connectivity index (χ0) is 14.9. The van der Waals surface area contributed by atoms with E-state index >= 15 is 0 Å². The number of esters is 2. The Bertz CT molecular complexity index is 535. The van der Waals surface area contributed by atoms with E-state index in [1.165, 1.54) is 12.1 Å². The van der Waals surface area contributed by atoms with Crippen molar-refractivity contribution >= 4 is 11.9 Å². The summed E-state index contributed by atoms with van der Waals surface area (Å²) in [6.07, 6.45) is -4.87. The summed E-state index contributed by atoms with van der Waals surface area (Å²) in [6, 6.07) is 3.54. The Hall–Kier alpha value is -2.05. The fourth-order valence-electron chi connectivity index (χ4n) is 2.23. The van der Waals surface area contributed by atoms with Gasteiger partial charge in [0.15, 0.2) is 0 Å². The summed E-state index contributed by atoms with van der Waals surface area (Å²) < 4.78 is 47.9. The Morgan fingerprint density at radius 3 is 2.30 bits per heavy atom. The van der Waals surface area contributed by atoms with Crippen LogP contribution in [0.4, 0.5) is 13.2 Å². The standard InChI is InChI=1S/C13H11F3O4/c1-19-12-8(3-2-4-9(12)13(14,15)16)7-5-10(17)20-11(18)6-7/h2-4,7H,5-6H2,1H3. The quantitative estimate of drug-likeness (QED) is 0.620. The number of cyclic esters (lactones) is 2. The summed E-state index contributed by atoms with van der Waals surface area (Å²) in [5.41, 5.74) is -0.740. The van der Waals surface area contributed by atoms with Crippen LogP contribution in [0.3, 0.4) is 0 Å². The maximum Gasteiger partial charge on any atom is 0.419 e. The highest BCUT2D eigenvalue weighted by Gasteiger charge is 2.38. The molecule has 0 saturated carbocycles. The summed E-state index contributed by atoms with van der Waals surface area (Å²) in [5, 5.41) is 0. The van der Waals surface area contributed by atoms with Crippen molar-refractivity contribution in [3.8, 4) is 5.75 Å². The number of alkyl halides is 3. The highest BCUT2D eigenvalue weighted by Crippen LogP contribution is 2.42. The molecule has 1 aliphatic rings. The number of para-hydroxylation sites is 1. The predicted molar refractivity (Wildman–Crippen MR) is 61.1 cm³/mol. The molecule has 0 unspecified atom stereocenters. The van der Waals surface area contributed by atoms with Gasteiger partial charge in [0.25, 0.3) is 0 Å². The highest BCUT2D eigenvalue weighted by atomic mass is 19.4. The Morgan fingerprint density at radius 1 is 1.20 bits per heavy atom. The summed E-state index contributed by atoms with van der Waals surface area (Å²) >= 11 is 0. The number of benzene rings is 1. The first-order chi connectivity index (χ1) is 9.32. The van der Waals surface area contributed by atoms with Crippen LogP contribution in [0.15, 0.2) is 18.2 Å². The maximum absolute atomic E-state index is 12.9. The molecule has 20 heavy (non-hydrogen) atoms. The average Bonchev–Trinajstić information content (AvgIpc) is 2.35. The molecule has 0 amide bonds. The van der Waals surface area contributed by atoms with Gasteiger partial charge in [0.2, 0.25) is 0 Å². The summed E-state index contributed by atoms with van der Waals surface area (Å²) in [7, 11) is 1.12. The van der Waals surface area contributed by atoms with Gasteiger partial charge in [-0.25, -0.2) is 0 Å². The molecule has 0 radical (unpaired) electrons. The number of hydrogen-bond acceptors (Lipinski definition) is 4. The third-order valence-electron chi connectivity index (χ3n) is 3.05. The summed E-state index contributed by atoms with van der Waals surface area (Å²) in [4.78, 5) is 22.5. The number of methoxy groups -OCH3 is 1. The van der Waals surface area contributed by atoms with Crippen LogP contribution in [0.1, 0.15) is 29.9 Å². The van der Waals surface area contributed by atoms with Gasteiger partial charge >= 0.3 is 18.1 Å². The van der Waals surface area contributed by atoms with Gasteiger partial charge < -0.3 is 9.47 Å². The second-order valence-electron chi connectivity index (χ2n) is 4.38. The largest absolute Gasteiger partial charge is 0.496 e. The van der Waals surface area contributed by atoms with Crippen molar-refractivity contribution in [1.82, 2.24) is 0 Å².